The predicted octanol–water partition coefficient (Wildman–Crippen LogP) is 5.12. The molecule has 8 heteroatoms. The molecule has 3 heterocycles. The third-order valence-corrected chi connectivity index (χ3v) is 6.79. The molecule has 1 N–H and O–H groups in total. The molecule has 0 saturated heterocycles. The standard InChI is InChI=1S/C28H26N2O5S/c1-19-6-8-20(9-7-19)26(27(31)29-17-22-4-2-12-33-22)30(18-23-5-3-15-36-23)28(32)21-10-11-24-25(16-21)35-14-13-34-24/h2-12,15-16,26H,13-14,17-18H2,1H3,(H,29,31). The highest BCUT2D eigenvalue weighted by molar-refractivity contribution is 7.09. The van der Waals surface area contributed by atoms with Crippen molar-refractivity contribution in [1.82, 2.24) is 10.2 Å². The highest BCUT2D eigenvalue weighted by Crippen LogP contribution is 2.33. The number of hydrogen-bond donors (Lipinski definition) is 1. The monoisotopic (exact) mass is 502 g/mol. The number of benzene rings is 2. The van der Waals surface area contributed by atoms with Gasteiger partial charge in [0, 0.05) is 10.4 Å². The fourth-order valence-electron chi connectivity index (χ4n) is 4.10. The number of nitrogens with one attached hydrogen (secondary N) is 1. The first-order valence-electron chi connectivity index (χ1n) is 11.7. The van der Waals surface area contributed by atoms with Gasteiger partial charge in [-0.3, -0.25) is 9.59 Å². The first-order valence-corrected chi connectivity index (χ1v) is 12.6. The second-order valence-corrected chi connectivity index (χ2v) is 9.51. The molecule has 0 bridgehead atoms. The van der Waals surface area contributed by atoms with Gasteiger partial charge >= 0.3 is 0 Å². The molecule has 0 spiro atoms. The Hall–Kier alpha value is -4.04. The molecule has 36 heavy (non-hydrogen) atoms. The van der Waals surface area contributed by atoms with E-state index in [4.69, 9.17) is 13.9 Å². The summed E-state index contributed by atoms with van der Waals surface area (Å²) in [5, 5.41) is 4.91. The van der Waals surface area contributed by atoms with Crippen molar-refractivity contribution in [3.63, 3.8) is 0 Å². The smallest absolute Gasteiger partial charge is 0.255 e. The summed E-state index contributed by atoms with van der Waals surface area (Å²) in [7, 11) is 0. The fourth-order valence-corrected chi connectivity index (χ4v) is 4.80. The zero-order valence-electron chi connectivity index (χ0n) is 19.8. The van der Waals surface area contributed by atoms with E-state index in [1.54, 1.807) is 41.5 Å². The first kappa shape index (κ1) is 23.7. The van der Waals surface area contributed by atoms with Crippen molar-refractivity contribution < 1.29 is 23.5 Å². The summed E-state index contributed by atoms with van der Waals surface area (Å²) >= 11 is 1.54. The number of nitrogens with zero attached hydrogens (tertiary/aromatic N) is 1. The summed E-state index contributed by atoms with van der Waals surface area (Å²) in [5.41, 5.74) is 2.21. The maximum absolute atomic E-state index is 14.0. The normalized spacial score (nSPS) is 13.1. The van der Waals surface area contributed by atoms with E-state index in [1.807, 2.05) is 48.7 Å². The molecule has 0 radical (unpaired) electrons. The van der Waals surface area contributed by atoms with E-state index in [1.165, 1.54) is 11.3 Å². The summed E-state index contributed by atoms with van der Waals surface area (Å²) in [6, 6.07) is 19.4. The van der Waals surface area contributed by atoms with E-state index >= 15 is 0 Å². The van der Waals surface area contributed by atoms with Crippen LogP contribution in [0.4, 0.5) is 0 Å². The minimum Gasteiger partial charge on any atom is -0.486 e. The number of rotatable bonds is 8. The van der Waals surface area contributed by atoms with Gasteiger partial charge in [-0.1, -0.05) is 35.9 Å². The van der Waals surface area contributed by atoms with Gasteiger partial charge in [0.15, 0.2) is 11.5 Å². The molecule has 0 saturated carbocycles. The van der Waals surface area contributed by atoms with Crippen LogP contribution in [-0.4, -0.2) is 29.9 Å². The average molecular weight is 503 g/mol. The van der Waals surface area contributed by atoms with Gasteiger partial charge in [0.2, 0.25) is 5.91 Å². The zero-order chi connectivity index (χ0) is 24.9. The summed E-state index contributed by atoms with van der Waals surface area (Å²) in [6.45, 7) is 3.37. The van der Waals surface area contributed by atoms with Crippen LogP contribution >= 0.6 is 11.3 Å². The third-order valence-electron chi connectivity index (χ3n) is 5.93. The van der Waals surface area contributed by atoms with Gasteiger partial charge in [0.05, 0.1) is 19.4 Å². The molecule has 7 nitrogen and oxygen atoms in total. The largest absolute Gasteiger partial charge is 0.486 e. The van der Waals surface area contributed by atoms with Crippen molar-refractivity contribution in [2.45, 2.75) is 26.1 Å². The highest BCUT2D eigenvalue weighted by Gasteiger charge is 2.33. The molecule has 2 aromatic heterocycles. The molecule has 0 fully saturated rings. The minimum absolute atomic E-state index is 0.221. The van der Waals surface area contributed by atoms with E-state index in [0.717, 1.165) is 16.0 Å². The molecule has 1 atom stereocenters. The molecular formula is C28H26N2O5S. The topological polar surface area (TPSA) is 81.0 Å². The van der Waals surface area contributed by atoms with Crippen LogP contribution < -0.4 is 14.8 Å². The van der Waals surface area contributed by atoms with Crippen LogP contribution in [-0.2, 0) is 17.9 Å². The van der Waals surface area contributed by atoms with Crippen molar-refractivity contribution in [3.05, 3.63) is 106 Å². The SMILES string of the molecule is Cc1ccc(C(C(=O)NCc2ccco2)N(Cc2cccs2)C(=O)c2ccc3c(c2)OCCO3)cc1. The Morgan fingerprint density at radius 3 is 2.53 bits per heavy atom. The van der Waals surface area contributed by atoms with Crippen LogP contribution in [0.2, 0.25) is 0 Å². The summed E-state index contributed by atoms with van der Waals surface area (Å²) in [6.07, 6.45) is 1.56. The molecule has 2 amide bonds. The lowest BCUT2D eigenvalue weighted by molar-refractivity contribution is -0.126. The fraction of sp³-hybridized carbons (Fsp3) is 0.214. The summed E-state index contributed by atoms with van der Waals surface area (Å²) in [5.74, 6) is 1.19. The molecular weight excluding hydrogens is 476 g/mol. The van der Waals surface area contributed by atoms with Gasteiger partial charge in [-0.05, 0) is 54.3 Å². The number of hydrogen-bond acceptors (Lipinski definition) is 6. The molecule has 5 rings (SSSR count). The number of carbonyl (C=O) groups excluding carboxylic acids is 2. The quantitative estimate of drug-likeness (QED) is 0.362. The van der Waals surface area contributed by atoms with E-state index in [-0.39, 0.29) is 24.9 Å². The lowest BCUT2D eigenvalue weighted by Gasteiger charge is -2.31. The van der Waals surface area contributed by atoms with Crippen LogP contribution in [0, 0.1) is 6.92 Å². The lowest BCUT2D eigenvalue weighted by Crippen LogP contribution is -2.43. The number of furan rings is 1. The zero-order valence-corrected chi connectivity index (χ0v) is 20.6. The number of thiophene rings is 1. The maximum Gasteiger partial charge on any atom is 0.255 e. The number of amides is 2. The molecule has 2 aromatic carbocycles. The molecule has 1 unspecified atom stereocenters. The molecule has 1 aliphatic heterocycles. The number of fused-ring (bicyclic) bond motifs is 1. The van der Waals surface area contributed by atoms with Crippen molar-refractivity contribution in [2.75, 3.05) is 13.2 Å². The van der Waals surface area contributed by atoms with Crippen molar-refractivity contribution in [2.24, 2.45) is 0 Å². The highest BCUT2D eigenvalue weighted by atomic mass is 32.1. The van der Waals surface area contributed by atoms with Gasteiger partial charge in [-0.15, -0.1) is 11.3 Å². The summed E-state index contributed by atoms with van der Waals surface area (Å²) < 4.78 is 16.7. The molecule has 1 aliphatic rings. The Bertz CT molecular complexity index is 1320. The summed E-state index contributed by atoms with van der Waals surface area (Å²) in [4.78, 5) is 30.3. The second-order valence-electron chi connectivity index (χ2n) is 8.48. The Morgan fingerprint density at radius 1 is 1.00 bits per heavy atom. The van der Waals surface area contributed by atoms with Crippen LogP contribution in [0.25, 0.3) is 0 Å². The average Bonchev–Trinajstić information content (AvgIpc) is 3.62. The van der Waals surface area contributed by atoms with Gasteiger partial charge in [-0.2, -0.15) is 0 Å². The van der Waals surface area contributed by atoms with Crippen LogP contribution in [0.1, 0.15) is 38.2 Å². The van der Waals surface area contributed by atoms with Crippen molar-refractivity contribution in [1.29, 1.82) is 0 Å². The molecule has 184 valence electrons. The first-order chi connectivity index (χ1) is 17.6. The number of ether oxygens (including phenoxy) is 2. The minimum atomic E-state index is -0.858. The van der Waals surface area contributed by atoms with Crippen LogP contribution in [0.15, 0.2) is 82.8 Å². The Labute approximate surface area is 213 Å². The van der Waals surface area contributed by atoms with Crippen LogP contribution in [0.3, 0.4) is 0 Å². The van der Waals surface area contributed by atoms with E-state index in [0.29, 0.717) is 36.0 Å². The van der Waals surface area contributed by atoms with E-state index in [2.05, 4.69) is 5.32 Å². The van der Waals surface area contributed by atoms with Crippen molar-refractivity contribution in [3.8, 4) is 11.5 Å². The van der Waals surface area contributed by atoms with Gasteiger partial charge < -0.3 is 24.1 Å². The maximum atomic E-state index is 14.0. The Morgan fingerprint density at radius 2 is 1.81 bits per heavy atom. The molecule has 0 aliphatic carbocycles. The van der Waals surface area contributed by atoms with Gasteiger partial charge in [0.25, 0.3) is 5.91 Å². The van der Waals surface area contributed by atoms with Crippen LogP contribution in [0.5, 0.6) is 11.5 Å². The van der Waals surface area contributed by atoms with Gasteiger partial charge in [0.1, 0.15) is 25.0 Å². The van der Waals surface area contributed by atoms with E-state index in [9.17, 15) is 9.59 Å². The third kappa shape index (κ3) is 5.28. The van der Waals surface area contributed by atoms with Crippen molar-refractivity contribution >= 4 is 23.2 Å². The van der Waals surface area contributed by atoms with Gasteiger partial charge in [-0.25, -0.2) is 0 Å². The second kappa shape index (κ2) is 10.7. The lowest BCUT2D eigenvalue weighted by atomic mass is 10.0. The Balaban J connectivity index is 1.52. The molecule has 4 aromatic rings. The predicted molar refractivity (Wildman–Crippen MR) is 136 cm³/mol. The number of carbonyl (C=O) groups is 2. The Kier molecular flexibility index (Phi) is 7.04. The van der Waals surface area contributed by atoms with E-state index < -0.39 is 6.04 Å². The number of aryl methyl sites for hydroxylation is 1.